The summed E-state index contributed by atoms with van der Waals surface area (Å²) in [6.07, 6.45) is 0. The summed E-state index contributed by atoms with van der Waals surface area (Å²) in [5.74, 6) is -1.02. The molecule has 2 aromatic rings. The molecule has 0 unspecified atom stereocenters. The second kappa shape index (κ2) is 7.57. The highest BCUT2D eigenvalue weighted by molar-refractivity contribution is 7.89. The molecule has 8 heteroatoms. The third-order valence-electron chi connectivity index (χ3n) is 3.51. The van der Waals surface area contributed by atoms with Crippen molar-refractivity contribution < 1.29 is 17.2 Å². The normalized spacial score (nSPS) is 13.2. The molecule has 0 spiro atoms. The van der Waals surface area contributed by atoms with Gasteiger partial charge < -0.3 is 4.90 Å². The number of nitrogens with zero attached hydrogens (tertiary/aromatic N) is 1. The Kier molecular flexibility index (Phi) is 5.92. The Morgan fingerprint density at radius 1 is 1.12 bits per heavy atom. The Balaban J connectivity index is 2.22. The summed E-state index contributed by atoms with van der Waals surface area (Å²) < 4.78 is 53.7. The van der Waals surface area contributed by atoms with Crippen LogP contribution in [0.2, 0.25) is 5.02 Å². The fraction of sp³-hybridized carbons (Fsp3) is 0.250. The van der Waals surface area contributed by atoms with Gasteiger partial charge in [-0.3, -0.25) is 0 Å². The zero-order valence-electron chi connectivity index (χ0n) is 13.1. The highest BCUT2D eigenvalue weighted by Crippen LogP contribution is 2.23. The lowest BCUT2D eigenvalue weighted by Crippen LogP contribution is -2.34. The third kappa shape index (κ3) is 4.51. The van der Waals surface area contributed by atoms with Gasteiger partial charge in [-0.05, 0) is 50.0 Å². The van der Waals surface area contributed by atoms with Crippen LogP contribution >= 0.6 is 11.6 Å². The zero-order valence-corrected chi connectivity index (χ0v) is 14.7. The first-order chi connectivity index (χ1) is 11.2. The minimum absolute atomic E-state index is 0.00644. The van der Waals surface area contributed by atoms with Crippen LogP contribution in [-0.2, 0) is 10.0 Å². The molecule has 1 atom stereocenters. The van der Waals surface area contributed by atoms with Gasteiger partial charge in [-0.2, -0.15) is 0 Å². The van der Waals surface area contributed by atoms with Gasteiger partial charge in [0.2, 0.25) is 10.0 Å². The van der Waals surface area contributed by atoms with Crippen molar-refractivity contribution in [3.05, 3.63) is 64.7 Å². The Morgan fingerprint density at radius 2 is 1.79 bits per heavy atom. The van der Waals surface area contributed by atoms with Gasteiger partial charge in [-0.1, -0.05) is 23.7 Å². The minimum atomic E-state index is -3.92. The third-order valence-corrected chi connectivity index (χ3v) is 5.41. The summed E-state index contributed by atoms with van der Waals surface area (Å²) in [4.78, 5) is 1.56. The van der Waals surface area contributed by atoms with Crippen LogP contribution in [0.5, 0.6) is 0 Å². The molecule has 0 radical (unpaired) electrons. The summed E-state index contributed by atoms with van der Waals surface area (Å²) in [6.45, 7) is 0.00644. The van der Waals surface area contributed by atoms with Gasteiger partial charge in [0.05, 0.1) is 5.02 Å². The maximum Gasteiger partial charge on any atom is 0.242 e. The van der Waals surface area contributed by atoms with Crippen molar-refractivity contribution in [2.24, 2.45) is 0 Å². The molecule has 1 N–H and O–H groups in total. The average molecular weight is 375 g/mol. The van der Waals surface area contributed by atoms with Crippen LogP contribution in [0.4, 0.5) is 8.78 Å². The number of likely N-dealkylation sites (N-methyl/N-ethyl adjacent to an activating group) is 1. The fourth-order valence-electron chi connectivity index (χ4n) is 2.27. The number of halogens is 3. The second-order valence-corrected chi connectivity index (χ2v) is 7.60. The SMILES string of the molecule is CN(C)[C@H](CNS(=O)(=O)c1ccc(F)cc1Cl)c1cccc(F)c1. The largest absolute Gasteiger partial charge is 0.301 e. The van der Waals surface area contributed by atoms with Gasteiger partial charge in [0, 0.05) is 12.6 Å². The number of nitrogens with one attached hydrogen (secondary N) is 1. The molecule has 0 aromatic heterocycles. The van der Waals surface area contributed by atoms with E-state index in [0.717, 1.165) is 18.2 Å². The highest BCUT2D eigenvalue weighted by atomic mass is 35.5. The van der Waals surface area contributed by atoms with Crippen LogP contribution in [0.25, 0.3) is 0 Å². The van der Waals surface area contributed by atoms with E-state index in [9.17, 15) is 17.2 Å². The maximum atomic E-state index is 13.4. The maximum absolute atomic E-state index is 13.4. The van der Waals surface area contributed by atoms with Gasteiger partial charge in [-0.25, -0.2) is 21.9 Å². The molecule has 0 fully saturated rings. The van der Waals surface area contributed by atoms with Crippen LogP contribution in [0.3, 0.4) is 0 Å². The average Bonchev–Trinajstić information content (AvgIpc) is 2.46. The van der Waals surface area contributed by atoms with Crippen molar-refractivity contribution in [1.29, 1.82) is 0 Å². The smallest absolute Gasteiger partial charge is 0.242 e. The predicted octanol–water partition coefficient (Wildman–Crippen LogP) is 3.20. The molecule has 4 nitrogen and oxygen atoms in total. The quantitative estimate of drug-likeness (QED) is 0.844. The van der Waals surface area contributed by atoms with E-state index in [1.54, 1.807) is 31.1 Å². The first-order valence-corrected chi connectivity index (χ1v) is 8.93. The lowest BCUT2D eigenvalue weighted by atomic mass is 10.1. The molecule has 0 amide bonds. The van der Waals surface area contributed by atoms with E-state index in [-0.39, 0.29) is 22.5 Å². The molecule has 0 aliphatic carbocycles. The summed E-state index contributed by atoms with van der Waals surface area (Å²) in [5.41, 5.74) is 0.632. The molecule has 2 rings (SSSR count). The van der Waals surface area contributed by atoms with Crippen molar-refractivity contribution in [2.75, 3.05) is 20.6 Å². The molecule has 0 bridgehead atoms. The minimum Gasteiger partial charge on any atom is -0.301 e. The van der Waals surface area contributed by atoms with Crippen molar-refractivity contribution >= 4 is 21.6 Å². The second-order valence-electron chi connectivity index (χ2n) is 5.46. The Bertz CT molecular complexity index is 829. The number of hydrogen-bond donors (Lipinski definition) is 1. The van der Waals surface area contributed by atoms with Crippen LogP contribution in [0.15, 0.2) is 47.4 Å². The number of hydrogen-bond acceptors (Lipinski definition) is 3. The van der Waals surface area contributed by atoms with E-state index in [2.05, 4.69) is 4.72 Å². The molecular formula is C16H17ClF2N2O2S. The molecule has 0 saturated heterocycles. The summed E-state index contributed by atoms with van der Waals surface area (Å²) >= 11 is 5.81. The molecule has 24 heavy (non-hydrogen) atoms. The fourth-order valence-corrected chi connectivity index (χ4v) is 3.84. The van der Waals surface area contributed by atoms with Gasteiger partial charge >= 0.3 is 0 Å². The Labute approximate surface area is 145 Å². The monoisotopic (exact) mass is 374 g/mol. The van der Waals surface area contributed by atoms with Crippen LogP contribution in [0, 0.1) is 11.6 Å². The first kappa shape index (κ1) is 18.8. The number of sulfonamides is 1. The summed E-state index contributed by atoms with van der Waals surface area (Å²) in [6, 6.07) is 8.63. The van der Waals surface area contributed by atoms with Crippen molar-refractivity contribution in [2.45, 2.75) is 10.9 Å². The summed E-state index contributed by atoms with van der Waals surface area (Å²) in [5, 5.41) is -0.199. The number of rotatable bonds is 6. The predicted molar refractivity (Wildman–Crippen MR) is 89.4 cm³/mol. The topological polar surface area (TPSA) is 49.4 Å². The van der Waals surface area contributed by atoms with Gasteiger partial charge in [-0.15, -0.1) is 0 Å². The van der Waals surface area contributed by atoms with Crippen LogP contribution < -0.4 is 4.72 Å². The van der Waals surface area contributed by atoms with Gasteiger partial charge in [0.25, 0.3) is 0 Å². The molecular weight excluding hydrogens is 358 g/mol. The molecule has 0 aliphatic rings. The van der Waals surface area contributed by atoms with Crippen molar-refractivity contribution in [1.82, 2.24) is 9.62 Å². The lowest BCUT2D eigenvalue weighted by molar-refractivity contribution is 0.299. The Morgan fingerprint density at radius 3 is 2.38 bits per heavy atom. The van der Waals surface area contributed by atoms with Gasteiger partial charge in [0.1, 0.15) is 16.5 Å². The number of benzene rings is 2. The van der Waals surface area contributed by atoms with Crippen LogP contribution in [0.1, 0.15) is 11.6 Å². The van der Waals surface area contributed by atoms with Crippen molar-refractivity contribution in [3.63, 3.8) is 0 Å². The Hall–Kier alpha value is -1.54. The lowest BCUT2D eigenvalue weighted by Gasteiger charge is -2.25. The molecule has 0 saturated carbocycles. The molecule has 130 valence electrons. The zero-order chi connectivity index (χ0) is 17.9. The van der Waals surface area contributed by atoms with E-state index in [1.165, 1.54) is 12.1 Å². The molecule has 0 aliphatic heterocycles. The van der Waals surface area contributed by atoms with Crippen LogP contribution in [-0.4, -0.2) is 34.0 Å². The van der Waals surface area contributed by atoms with E-state index < -0.39 is 21.7 Å². The van der Waals surface area contributed by atoms with E-state index >= 15 is 0 Å². The summed E-state index contributed by atoms with van der Waals surface area (Å²) in [7, 11) is -0.406. The van der Waals surface area contributed by atoms with E-state index in [0.29, 0.717) is 5.56 Å². The first-order valence-electron chi connectivity index (χ1n) is 7.07. The van der Waals surface area contributed by atoms with Crippen molar-refractivity contribution in [3.8, 4) is 0 Å². The van der Waals surface area contributed by atoms with E-state index in [1.807, 2.05) is 0 Å². The highest BCUT2D eigenvalue weighted by Gasteiger charge is 2.22. The standard InChI is InChI=1S/C16H17ClF2N2O2S/c1-21(2)15(11-4-3-5-12(18)8-11)10-20-24(22,23)16-7-6-13(19)9-14(16)17/h3-9,15,20H,10H2,1-2H3/t15-/m1/s1. The van der Waals surface area contributed by atoms with Gasteiger partial charge in [0.15, 0.2) is 0 Å². The molecule has 2 aromatic carbocycles. The van der Waals surface area contributed by atoms with E-state index in [4.69, 9.17) is 11.6 Å². The molecule has 0 heterocycles.